The third kappa shape index (κ3) is 5.81. The summed E-state index contributed by atoms with van der Waals surface area (Å²) >= 11 is 0. The lowest BCUT2D eigenvalue weighted by Crippen LogP contribution is -2.42. The minimum atomic E-state index is -0.642. The summed E-state index contributed by atoms with van der Waals surface area (Å²) in [6.45, 7) is 2.45. The second kappa shape index (κ2) is 10.7. The summed E-state index contributed by atoms with van der Waals surface area (Å²) in [6, 6.07) is 12.4. The van der Waals surface area contributed by atoms with Crippen molar-refractivity contribution in [2.75, 3.05) is 19.6 Å². The molecule has 1 saturated carbocycles. The van der Waals surface area contributed by atoms with Crippen LogP contribution in [0.5, 0.6) is 0 Å². The minimum absolute atomic E-state index is 0.100. The van der Waals surface area contributed by atoms with E-state index in [9.17, 15) is 13.6 Å². The lowest BCUT2D eigenvalue weighted by atomic mass is 9.81. The van der Waals surface area contributed by atoms with Gasteiger partial charge in [0.25, 0.3) is 0 Å². The van der Waals surface area contributed by atoms with Crippen LogP contribution in [-0.4, -0.2) is 41.5 Å². The third-order valence-electron chi connectivity index (χ3n) is 7.71. The molecule has 1 saturated heterocycles. The highest BCUT2D eigenvalue weighted by Gasteiger charge is 2.26. The highest BCUT2D eigenvalue weighted by atomic mass is 19.1. The van der Waals surface area contributed by atoms with E-state index < -0.39 is 11.6 Å². The number of hydrogen-bond donors (Lipinski definition) is 2. The van der Waals surface area contributed by atoms with E-state index in [4.69, 9.17) is 0 Å². The molecule has 4 nitrogen and oxygen atoms in total. The van der Waals surface area contributed by atoms with E-state index in [0.29, 0.717) is 23.4 Å². The number of likely N-dealkylation sites (tertiary alicyclic amines) is 1. The molecule has 2 N–H and O–H groups in total. The number of hydrogen-bond acceptors (Lipinski definition) is 2. The van der Waals surface area contributed by atoms with Gasteiger partial charge in [-0.15, -0.1) is 0 Å². The summed E-state index contributed by atoms with van der Waals surface area (Å²) in [5.74, 6) is -0.174. The van der Waals surface area contributed by atoms with Crippen LogP contribution in [0.25, 0.3) is 17.0 Å². The zero-order valence-corrected chi connectivity index (χ0v) is 20.0. The molecule has 2 aromatic carbocycles. The van der Waals surface area contributed by atoms with Crippen molar-refractivity contribution in [3.63, 3.8) is 0 Å². The maximum Gasteiger partial charge on any atom is 0.246 e. The number of nitrogens with zero attached hydrogens (tertiary/aromatic N) is 1. The standard InChI is InChI=1S/C29H33F2N3O/c30-23-15-21(16-24(31)17-23)5-10-29(35)34-13-11-20(12-14-34)18-32-25-8-6-22(7-9-25)27-19-33-28-4-2-1-3-26(27)28/h1-5,10,15-17,19-20,22,25,32-33H,6-9,11-14,18H2/b10-5+/t22-,25-. The summed E-state index contributed by atoms with van der Waals surface area (Å²) in [5, 5.41) is 5.16. The van der Waals surface area contributed by atoms with E-state index >= 15 is 0 Å². The minimum Gasteiger partial charge on any atom is -0.361 e. The Kier molecular flexibility index (Phi) is 7.28. The summed E-state index contributed by atoms with van der Waals surface area (Å²) in [7, 11) is 0. The molecule has 1 aromatic heterocycles. The van der Waals surface area contributed by atoms with Crippen molar-refractivity contribution in [2.24, 2.45) is 5.92 Å². The number of piperidine rings is 1. The second-order valence-corrected chi connectivity index (χ2v) is 10.1. The average Bonchev–Trinajstić information content (AvgIpc) is 3.30. The van der Waals surface area contributed by atoms with Gasteiger partial charge in [-0.3, -0.25) is 4.79 Å². The van der Waals surface area contributed by atoms with Gasteiger partial charge >= 0.3 is 0 Å². The lowest BCUT2D eigenvalue weighted by molar-refractivity contribution is -0.127. The first-order valence-corrected chi connectivity index (χ1v) is 12.8. The van der Waals surface area contributed by atoms with Crippen molar-refractivity contribution in [2.45, 2.75) is 50.5 Å². The molecule has 1 aliphatic heterocycles. The number of aromatic amines is 1. The molecule has 3 aromatic rings. The van der Waals surface area contributed by atoms with E-state index in [0.717, 1.165) is 38.5 Å². The predicted octanol–water partition coefficient (Wildman–Crippen LogP) is 6.01. The largest absolute Gasteiger partial charge is 0.361 e. The number of fused-ring (bicyclic) bond motifs is 1. The van der Waals surface area contributed by atoms with Gasteiger partial charge in [0.1, 0.15) is 11.6 Å². The molecule has 5 rings (SSSR count). The normalized spacial score (nSPS) is 21.7. The molecule has 0 unspecified atom stereocenters. The number of para-hydroxylation sites is 1. The Hall–Kier alpha value is -2.99. The molecule has 6 heteroatoms. The number of nitrogens with one attached hydrogen (secondary N) is 2. The number of carbonyl (C=O) groups is 1. The Balaban J connectivity index is 1.04. The zero-order valence-electron chi connectivity index (χ0n) is 20.0. The summed E-state index contributed by atoms with van der Waals surface area (Å²) < 4.78 is 26.6. The second-order valence-electron chi connectivity index (χ2n) is 10.1. The van der Waals surface area contributed by atoms with Crippen LogP contribution in [0.4, 0.5) is 8.78 Å². The van der Waals surface area contributed by atoms with Gasteiger partial charge in [-0.2, -0.15) is 0 Å². The molecule has 35 heavy (non-hydrogen) atoms. The molecule has 0 radical (unpaired) electrons. The number of rotatable bonds is 6. The number of amides is 1. The first kappa shape index (κ1) is 23.7. The fraction of sp³-hybridized carbons (Fsp3) is 0.414. The first-order chi connectivity index (χ1) is 17.0. The van der Waals surface area contributed by atoms with E-state index in [-0.39, 0.29) is 5.91 Å². The van der Waals surface area contributed by atoms with Crippen LogP contribution in [0.2, 0.25) is 0 Å². The Morgan fingerprint density at radius 3 is 2.46 bits per heavy atom. The van der Waals surface area contributed by atoms with Gasteiger partial charge in [-0.25, -0.2) is 8.78 Å². The molecule has 0 spiro atoms. The predicted molar refractivity (Wildman–Crippen MR) is 136 cm³/mol. The van der Waals surface area contributed by atoms with Crippen LogP contribution >= 0.6 is 0 Å². The van der Waals surface area contributed by atoms with Crippen LogP contribution in [0.1, 0.15) is 55.6 Å². The number of carbonyl (C=O) groups excluding carboxylic acids is 1. The van der Waals surface area contributed by atoms with Gasteiger partial charge in [0.2, 0.25) is 5.91 Å². The maximum atomic E-state index is 13.3. The van der Waals surface area contributed by atoms with Crippen molar-refractivity contribution in [1.29, 1.82) is 0 Å². The SMILES string of the molecule is O=C(/C=C/c1cc(F)cc(F)c1)N1CCC(CN[C@H]2CC[C@H](c3c[nH]c4ccccc43)CC2)CC1. The van der Waals surface area contributed by atoms with E-state index in [1.807, 2.05) is 4.90 Å². The molecule has 2 fully saturated rings. The van der Waals surface area contributed by atoms with Crippen molar-refractivity contribution in [3.8, 4) is 0 Å². The monoisotopic (exact) mass is 477 g/mol. The Morgan fingerprint density at radius 2 is 1.71 bits per heavy atom. The van der Waals surface area contributed by atoms with Crippen molar-refractivity contribution >= 4 is 22.9 Å². The van der Waals surface area contributed by atoms with Crippen LogP contribution < -0.4 is 5.32 Å². The Morgan fingerprint density at radius 1 is 1.00 bits per heavy atom. The van der Waals surface area contributed by atoms with Crippen LogP contribution in [-0.2, 0) is 4.79 Å². The van der Waals surface area contributed by atoms with Gasteiger partial charge in [0.05, 0.1) is 0 Å². The molecule has 184 valence electrons. The molecular formula is C29H33F2N3O. The Labute approximate surface area is 205 Å². The highest BCUT2D eigenvalue weighted by molar-refractivity contribution is 5.91. The number of halogens is 2. The smallest absolute Gasteiger partial charge is 0.246 e. The Bertz CT molecular complexity index is 1170. The molecule has 2 aliphatic rings. The number of aromatic nitrogens is 1. The van der Waals surface area contributed by atoms with Crippen LogP contribution in [0.15, 0.2) is 54.7 Å². The molecular weight excluding hydrogens is 444 g/mol. The number of H-pyrrole nitrogens is 1. The highest BCUT2D eigenvalue weighted by Crippen LogP contribution is 2.36. The fourth-order valence-corrected chi connectivity index (χ4v) is 5.68. The topological polar surface area (TPSA) is 48.1 Å². The van der Waals surface area contributed by atoms with Crippen molar-refractivity contribution < 1.29 is 13.6 Å². The average molecular weight is 478 g/mol. The molecule has 0 atom stereocenters. The van der Waals surface area contributed by atoms with Gasteiger partial charge in [0, 0.05) is 48.4 Å². The summed E-state index contributed by atoms with van der Waals surface area (Å²) in [6.07, 6.45) is 11.9. The summed E-state index contributed by atoms with van der Waals surface area (Å²) in [5.41, 5.74) is 3.05. The van der Waals surface area contributed by atoms with Gasteiger partial charge in [-0.05, 0) is 92.3 Å². The van der Waals surface area contributed by atoms with Gasteiger partial charge < -0.3 is 15.2 Å². The molecule has 1 amide bonds. The van der Waals surface area contributed by atoms with Gasteiger partial charge in [0.15, 0.2) is 0 Å². The summed E-state index contributed by atoms with van der Waals surface area (Å²) in [4.78, 5) is 17.7. The first-order valence-electron chi connectivity index (χ1n) is 12.8. The maximum absolute atomic E-state index is 13.3. The van der Waals surface area contributed by atoms with Crippen molar-refractivity contribution in [3.05, 3.63) is 77.5 Å². The van der Waals surface area contributed by atoms with E-state index in [2.05, 4.69) is 40.8 Å². The third-order valence-corrected chi connectivity index (χ3v) is 7.71. The van der Waals surface area contributed by atoms with E-state index in [1.54, 1.807) is 0 Å². The van der Waals surface area contributed by atoms with Crippen LogP contribution in [0.3, 0.4) is 0 Å². The molecule has 0 bridgehead atoms. The molecule has 2 heterocycles. The zero-order chi connectivity index (χ0) is 24.2. The van der Waals surface area contributed by atoms with Crippen molar-refractivity contribution in [1.82, 2.24) is 15.2 Å². The fourth-order valence-electron chi connectivity index (χ4n) is 5.68. The lowest BCUT2D eigenvalue weighted by Gasteiger charge is -2.34. The number of benzene rings is 2. The van der Waals surface area contributed by atoms with E-state index in [1.165, 1.54) is 66.4 Å². The van der Waals surface area contributed by atoms with Gasteiger partial charge in [-0.1, -0.05) is 18.2 Å². The quantitative estimate of drug-likeness (QED) is 0.427. The van der Waals surface area contributed by atoms with Crippen LogP contribution in [0, 0.1) is 17.6 Å². The molecule has 1 aliphatic carbocycles.